The van der Waals surface area contributed by atoms with Crippen molar-refractivity contribution in [1.29, 1.82) is 0 Å². The third kappa shape index (κ3) is 3.73. The Labute approximate surface area is 168 Å². The summed E-state index contributed by atoms with van der Waals surface area (Å²) in [6, 6.07) is 12.9. The molecule has 1 aliphatic heterocycles. The topological polar surface area (TPSA) is 71.1 Å². The van der Waals surface area contributed by atoms with Gasteiger partial charge in [0.05, 0.1) is 5.75 Å². The van der Waals surface area contributed by atoms with Gasteiger partial charge < -0.3 is 5.32 Å². The second-order valence-electron chi connectivity index (χ2n) is 8.03. The molecule has 0 saturated heterocycles. The normalized spacial score (nSPS) is 21.0. The van der Waals surface area contributed by atoms with Crippen LogP contribution in [0.1, 0.15) is 61.0 Å². The van der Waals surface area contributed by atoms with E-state index < -0.39 is 10.0 Å². The standard InChI is InChI=1S/C22H29N3O2S/c1-2-14-28(26,27)25-16-17-7-8-18-9-13-24-21(19(18)15-17)22(10-5-11-22)20-6-3-4-12-23-20/h3-4,6-8,12,15,21,24-25H,2,5,9-11,13-14,16H2,1H3. The Morgan fingerprint density at radius 2 is 2.11 bits per heavy atom. The van der Waals surface area contributed by atoms with Crippen molar-refractivity contribution in [2.75, 3.05) is 12.3 Å². The van der Waals surface area contributed by atoms with E-state index in [1.807, 2.05) is 19.2 Å². The third-order valence-electron chi connectivity index (χ3n) is 6.21. The number of hydrogen-bond donors (Lipinski definition) is 2. The molecule has 28 heavy (non-hydrogen) atoms. The van der Waals surface area contributed by atoms with Gasteiger partial charge in [-0.1, -0.05) is 37.6 Å². The fourth-order valence-electron chi connectivity index (χ4n) is 4.65. The average molecular weight is 400 g/mol. The minimum atomic E-state index is -3.21. The maximum Gasteiger partial charge on any atom is 0.211 e. The van der Waals surface area contributed by atoms with Crippen LogP contribution in [0.25, 0.3) is 0 Å². The lowest BCUT2D eigenvalue weighted by Gasteiger charge is -2.49. The predicted octanol–water partition coefficient (Wildman–Crippen LogP) is 3.22. The zero-order valence-electron chi connectivity index (χ0n) is 16.4. The Morgan fingerprint density at radius 3 is 2.79 bits per heavy atom. The van der Waals surface area contributed by atoms with Gasteiger partial charge in [0.15, 0.2) is 0 Å². The summed E-state index contributed by atoms with van der Waals surface area (Å²) in [5, 5.41) is 3.76. The van der Waals surface area contributed by atoms with Crippen molar-refractivity contribution in [3.63, 3.8) is 0 Å². The molecule has 150 valence electrons. The van der Waals surface area contributed by atoms with E-state index >= 15 is 0 Å². The third-order valence-corrected chi connectivity index (χ3v) is 7.74. The van der Waals surface area contributed by atoms with Crippen LogP contribution in [0.15, 0.2) is 42.6 Å². The van der Waals surface area contributed by atoms with Gasteiger partial charge in [-0.25, -0.2) is 13.1 Å². The number of pyridine rings is 1. The molecule has 4 rings (SSSR count). The molecule has 0 bridgehead atoms. The number of nitrogens with one attached hydrogen (secondary N) is 2. The Kier molecular flexibility index (Phi) is 5.54. The molecule has 1 fully saturated rings. The van der Waals surface area contributed by atoms with Crippen LogP contribution in [-0.4, -0.2) is 25.7 Å². The summed E-state index contributed by atoms with van der Waals surface area (Å²) in [6.45, 7) is 3.19. The minimum Gasteiger partial charge on any atom is -0.309 e. The summed E-state index contributed by atoms with van der Waals surface area (Å²) in [4.78, 5) is 4.70. The van der Waals surface area contributed by atoms with Gasteiger partial charge in [-0.3, -0.25) is 4.98 Å². The highest BCUT2D eigenvalue weighted by atomic mass is 32.2. The van der Waals surface area contributed by atoms with Crippen molar-refractivity contribution in [2.45, 2.75) is 57.0 Å². The van der Waals surface area contributed by atoms with Gasteiger partial charge in [-0.2, -0.15) is 0 Å². The van der Waals surface area contributed by atoms with Crippen LogP contribution >= 0.6 is 0 Å². The lowest BCUT2D eigenvalue weighted by Crippen LogP contribution is -2.49. The quantitative estimate of drug-likeness (QED) is 0.750. The largest absolute Gasteiger partial charge is 0.309 e. The van der Waals surface area contributed by atoms with Gasteiger partial charge in [0.1, 0.15) is 0 Å². The maximum absolute atomic E-state index is 12.0. The molecule has 0 amide bonds. The first-order valence-electron chi connectivity index (χ1n) is 10.3. The lowest BCUT2D eigenvalue weighted by atomic mass is 9.59. The Bertz CT molecular complexity index is 924. The zero-order chi connectivity index (χ0) is 19.6. The van der Waals surface area contributed by atoms with E-state index in [1.54, 1.807) is 0 Å². The molecule has 1 saturated carbocycles. The summed E-state index contributed by atoms with van der Waals surface area (Å²) in [6.07, 6.45) is 7.01. The molecule has 1 aromatic carbocycles. The van der Waals surface area contributed by atoms with Crippen molar-refractivity contribution < 1.29 is 8.42 Å². The van der Waals surface area contributed by atoms with Crippen molar-refractivity contribution in [3.8, 4) is 0 Å². The minimum absolute atomic E-state index is 0.0385. The number of aromatic nitrogens is 1. The molecule has 2 heterocycles. The summed E-state index contributed by atoms with van der Waals surface area (Å²) >= 11 is 0. The highest BCUT2D eigenvalue weighted by Gasteiger charge is 2.48. The molecule has 2 aromatic rings. The fraction of sp³-hybridized carbons (Fsp3) is 0.500. The highest BCUT2D eigenvalue weighted by Crippen LogP contribution is 2.52. The SMILES string of the molecule is CCCS(=O)(=O)NCc1ccc2c(c1)C(C1(c3ccccn3)CCC1)NCC2. The van der Waals surface area contributed by atoms with E-state index in [0.717, 1.165) is 31.4 Å². The van der Waals surface area contributed by atoms with E-state index in [9.17, 15) is 8.42 Å². The van der Waals surface area contributed by atoms with Crippen LogP contribution in [0.3, 0.4) is 0 Å². The number of nitrogens with zero attached hydrogens (tertiary/aromatic N) is 1. The smallest absolute Gasteiger partial charge is 0.211 e. The van der Waals surface area contributed by atoms with E-state index in [1.165, 1.54) is 23.2 Å². The first-order valence-corrected chi connectivity index (χ1v) is 11.9. The Morgan fingerprint density at radius 1 is 1.25 bits per heavy atom. The van der Waals surface area contributed by atoms with E-state index in [0.29, 0.717) is 13.0 Å². The second kappa shape index (κ2) is 7.93. The fourth-order valence-corrected chi connectivity index (χ4v) is 5.72. The van der Waals surface area contributed by atoms with Crippen molar-refractivity contribution in [3.05, 3.63) is 65.0 Å². The zero-order valence-corrected chi connectivity index (χ0v) is 17.3. The van der Waals surface area contributed by atoms with Gasteiger partial charge >= 0.3 is 0 Å². The molecule has 0 spiro atoms. The highest BCUT2D eigenvalue weighted by molar-refractivity contribution is 7.89. The lowest BCUT2D eigenvalue weighted by molar-refractivity contribution is 0.159. The van der Waals surface area contributed by atoms with E-state index in [4.69, 9.17) is 4.98 Å². The number of benzene rings is 1. The molecule has 5 nitrogen and oxygen atoms in total. The van der Waals surface area contributed by atoms with Crippen LogP contribution in [-0.2, 0) is 28.4 Å². The summed E-state index contributed by atoms with van der Waals surface area (Å²) in [5.74, 6) is 0.172. The van der Waals surface area contributed by atoms with Gasteiger partial charge in [0.2, 0.25) is 10.0 Å². The van der Waals surface area contributed by atoms with Gasteiger partial charge in [-0.05, 0) is 61.1 Å². The van der Waals surface area contributed by atoms with Gasteiger partial charge in [0.25, 0.3) is 0 Å². The number of sulfonamides is 1. The van der Waals surface area contributed by atoms with Crippen LogP contribution in [0.4, 0.5) is 0 Å². The van der Waals surface area contributed by atoms with Gasteiger partial charge in [0, 0.05) is 29.9 Å². The summed E-state index contributed by atoms with van der Waals surface area (Å²) in [7, 11) is -3.21. The first-order chi connectivity index (χ1) is 13.5. The molecule has 1 unspecified atom stereocenters. The van der Waals surface area contributed by atoms with Gasteiger partial charge in [-0.15, -0.1) is 0 Å². The van der Waals surface area contributed by atoms with Crippen LogP contribution in [0.5, 0.6) is 0 Å². The number of rotatable bonds is 7. The molecule has 1 aromatic heterocycles. The second-order valence-corrected chi connectivity index (χ2v) is 9.96. The molecule has 1 atom stereocenters. The number of fused-ring (bicyclic) bond motifs is 1. The average Bonchev–Trinajstić information content (AvgIpc) is 2.67. The van der Waals surface area contributed by atoms with Crippen LogP contribution < -0.4 is 10.0 Å². The molecule has 1 aliphatic carbocycles. The molecule has 2 aliphatic rings. The Balaban J connectivity index is 1.63. The molecule has 6 heteroatoms. The summed E-state index contributed by atoms with van der Waals surface area (Å²) < 4.78 is 26.8. The summed E-state index contributed by atoms with van der Waals surface area (Å²) in [5.41, 5.74) is 4.90. The molecular formula is C22H29N3O2S. The predicted molar refractivity (Wildman–Crippen MR) is 112 cm³/mol. The van der Waals surface area contributed by atoms with E-state index in [-0.39, 0.29) is 17.2 Å². The van der Waals surface area contributed by atoms with Crippen molar-refractivity contribution in [2.24, 2.45) is 0 Å². The Hall–Kier alpha value is -1.76. The maximum atomic E-state index is 12.0. The van der Waals surface area contributed by atoms with Crippen LogP contribution in [0, 0.1) is 0 Å². The molecular weight excluding hydrogens is 370 g/mol. The van der Waals surface area contributed by atoms with E-state index in [2.05, 4.69) is 40.4 Å². The number of hydrogen-bond acceptors (Lipinski definition) is 4. The van der Waals surface area contributed by atoms with Crippen LogP contribution in [0.2, 0.25) is 0 Å². The monoisotopic (exact) mass is 399 g/mol. The molecule has 0 radical (unpaired) electrons. The van der Waals surface area contributed by atoms with Crippen molar-refractivity contribution in [1.82, 2.24) is 15.0 Å². The van der Waals surface area contributed by atoms with Crippen molar-refractivity contribution >= 4 is 10.0 Å². The molecule has 2 N–H and O–H groups in total. The first kappa shape index (κ1) is 19.6.